The molecule has 0 saturated carbocycles. The van der Waals surface area contributed by atoms with Crippen LogP contribution in [0.1, 0.15) is 303 Å². The summed E-state index contributed by atoms with van der Waals surface area (Å²) in [5.41, 5.74) is 0. The number of aliphatic hydroxyl groups is 2. The highest BCUT2D eigenvalue weighted by Crippen LogP contribution is 2.16. The number of amides is 1. The fourth-order valence-corrected chi connectivity index (χ4v) is 8.78. The van der Waals surface area contributed by atoms with Crippen LogP contribution in [0.3, 0.4) is 0 Å². The van der Waals surface area contributed by atoms with Crippen molar-refractivity contribution in [3.8, 4) is 0 Å². The summed E-state index contributed by atoms with van der Waals surface area (Å²) >= 11 is 0. The summed E-state index contributed by atoms with van der Waals surface area (Å²) < 4.78 is 5.46. The number of carbonyl (C=O) groups excluding carboxylic acids is 2. The standard InChI is InChI=1S/C61H113NO5/c1-3-5-7-9-11-13-15-17-18-26-30-33-37-41-45-49-53-59(64)58(57-63)62-60(65)54-50-46-42-38-34-31-27-24-22-20-19-21-23-25-28-32-36-40-44-48-52-56-67-61(66)55-51-47-43-39-35-29-16-14-12-10-8-6-4-2/h8,10,14,16,20,22,49,53,58-59,63-64H,3-7,9,11-13,15,17-19,21,23-48,50-52,54-57H2,1-2H3,(H,62,65)/b10-8-,16-14-,22-20-,53-49+. The van der Waals surface area contributed by atoms with E-state index in [0.717, 1.165) is 57.8 Å². The molecule has 0 aromatic carbocycles. The van der Waals surface area contributed by atoms with Crippen LogP contribution in [0.2, 0.25) is 0 Å². The maximum absolute atomic E-state index is 12.5. The number of rotatable bonds is 54. The number of ether oxygens (including phenoxy) is 1. The highest BCUT2D eigenvalue weighted by molar-refractivity contribution is 5.76. The van der Waals surface area contributed by atoms with Crippen molar-refractivity contribution in [1.29, 1.82) is 0 Å². The van der Waals surface area contributed by atoms with Crippen molar-refractivity contribution >= 4 is 11.9 Å². The van der Waals surface area contributed by atoms with Crippen LogP contribution in [-0.4, -0.2) is 47.4 Å². The van der Waals surface area contributed by atoms with Crippen molar-refractivity contribution in [3.63, 3.8) is 0 Å². The van der Waals surface area contributed by atoms with E-state index < -0.39 is 12.1 Å². The molecule has 0 rings (SSSR count). The quantitative estimate of drug-likeness (QED) is 0.0321. The first kappa shape index (κ1) is 64.8. The Hall–Kier alpha value is -2.18. The molecule has 0 radical (unpaired) electrons. The maximum atomic E-state index is 12.5. The van der Waals surface area contributed by atoms with Gasteiger partial charge in [0.1, 0.15) is 0 Å². The third-order valence-corrected chi connectivity index (χ3v) is 13.3. The minimum absolute atomic E-state index is 0.00828. The summed E-state index contributed by atoms with van der Waals surface area (Å²) in [5.74, 6) is -0.0838. The zero-order valence-electron chi connectivity index (χ0n) is 44.6. The number of esters is 1. The van der Waals surface area contributed by atoms with Crippen molar-refractivity contribution in [3.05, 3.63) is 48.6 Å². The van der Waals surface area contributed by atoms with E-state index in [1.807, 2.05) is 6.08 Å². The normalized spacial score (nSPS) is 13.0. The van der Waals surface area contributed by atoms with E-state index >= 15 is 0 Å². The second-order valence-corrected chi connectivity index (χ2v) is 20.0. The van der Waals surface area contributed by atoms with Crippen molar-refractivity contribution in [2.24, 2.45) is 0 Å². The summed E-state index contributed by atoms with van der Waals surface area (Å²) in [5, 5.41) is 23.1. The number of nitrogens with one attached hydrogen (secondary N) is 1. The van der Waals surface area contributed by atoms with Gasteiger partial charge < -0.3 is 20.3 Å². The highest BCUT2D eigenvalue weighted by atomic mass is 16.5. The maximum Gasteiger partial charge on any atom is 0.305 e. The van der Waals surface area contributed by atoms with E-state index in [9.17, 15) is 19.8 Å². The van der Waals surface area contributed by atoms with Crippen LogP contribution >= 0.6 is 0 Å². The molecule has 0 fully saturated rings. The first-order valence-electron chi connectivity index (χ1n) is 29.4. The van der Waals surface area contributed by atoms with Crippen LogP contribution in [0.25, 0.3) is 0 Å². The largest absolute Gasteiger partial charge is 0.466 e. The Morgan fingerprint density at radius 2 is 0.776 bits per heavy atom. The fraction of sp³-hybridized carbons (Fsp3) is 0.836. The van der Waals surface area contributed by atoms with Crippen molar-refractivity contribution in [2.75, 3.05) is 13.2 Å². The van der Waals surface area contributed by atoms with Gasteiger partial charge in [0.2, 0.25) is 5.91 Å². The topological polar surface area (TPSA) is 95.9 Å². The zero-order valence-corrected chi connectivity index (χ0v) is 44.6. The molecule has 0 saturated heterocycles. The summed E-state index contributed by atoms with van der Waals surface area (Å²) in [7, 11) is 0. The van der Waals surface area contributed by atoms with Crippen LogP contribution in [0.15, 0.2) is 48.6 Å². The predicted molar refractivity (Wildman–Crippen MR) is 292 cm³/mol. The number of carbonyl (C=O) groups is 2. The second-order valence-electron chi connectivity index (χ2n) is 20.0. The molecule has 0 aliphatic heterocycles. The van der Waals surface area contributed by atoms with Gasteiger partial charge in [0.05, 0.1) is 25.4 Å². The van der Waals surface area contributed by atoms with Crippen LogP contribution in [0.5, 0.6) is 0 Å². The van der Waals surface area contributed by atoms with E-state index in [4.69, 9.17) is 4.74 Å². The molecule has 0 heterocycles. The minimum Gasteiger partial charge on any atom is -0.466 e. The average Bonchev–Trinajstić information content (AvgIpc) is 3.33. The van der Waals surface area contributed by atoms with Gasteiger partial charge in [-0.05, 0) is 83.5 Å². The van der Waals surface area contributed by atoms with Gasteiger partial charge in [-0.3, -0.25) is 9.59 Å². The van der Waals surface area contributed by atoms with Crippen molar-refractivity contribution in [1.82, 2.24) is 5.32 Å². The van der Waals surface area contributed by atoms with Crippen LogP contribution in [0.4, 0.5) is 0 Å². The van der Waals surface area contributed by atoms with Gasteiger partial charge in [-0.15, -0.1) is 0 Å². The van der Waals surface area contributed by atoms with Crippen LogP contribution in [0, 0.1) is 0 Å². The third-order valence-electron chi connectivity index (χ3n) is 13.3. The van der Waals surface area contributed by atoms with Gasteiger partial charge in [-0.2, -0.15) is 0 Å². The molecule has 0 aromatic heterocycles. The molecule has 0 aliphatic rings. The lowest BCUT2D eigenvalue weighted by Crippen LogP contribution is -2.45. The van der Waals surface area contributed by atoms with Gasteiger partial charge in [-0.1, -0.05) is 255 Å². The van der Waals surface area contributed by atoms with E-state index in [0.29, 0.717) is 19.4 Å². The van der Waals surface area contributed by atoms with Gasteiger partial charge in [0, 0.05) is 12.8 Å². The Morgan fingerprint density at radius 3 is 1.21 bits per heavy atom. The first-order chi connectivity index (χ1) is 33.0. The van der Waals surface area contributed by atoms with Gasteiger partial charge in [-0.25, -0.2) is 0 Å². The molecule has 1 amide bonds. The molecular weight excluding hydrogens is 827 g/mol. The Balaban J connectivity index is 3.47. The molecule has 0 aromatic rings. The van der Waals surface area contributed by atoms with E-state index in [1.165, 1.54) is 218 Å². The predicted octanol–water partition coefficient (Wildman–Crippen LogP) is 18.2. The first-order valence-corrected chi connectivity index (χ1v) is 29.4. The molecule has 0 spiro atoms. The van der Waals surface area contributed by atoms with E-state index in [1.54, 1.807) is 6.08 Å². The molecule has 3 N–H and O–H groups in total. The Kier molecular flexibility index (Phi) is 54.6. The summed E-state index contributed by atoms with van der Waals surface area (Å²) in [6.07, 6.45) is 71.3. The Labute approximate surface area is 416 Å². The average molecular weight is 941 g/mol. The van der Waals surface area contributed by atoms with Gasteiger partial charge >= 0.3 is 5.97 Å². The van der Waals surface area contributed by atoms with Crippen molar-refractivity contribution in [2.45, 2.75) is 315 Å². The summed E-state index contributed by atoms with van der Waals surface area (Å²) in [6, 6.07) is -0.634. The molecule has 0 aliphatic carbocycles. The molecule has 392 valence electrons. The molecule has 0 bridgehead atoms. The molecular formula is C61H113NO5. The van der Waals surface area contributed by atoms with E-state index in [2.05, 4.69) is 55.6 Å². The molecule has 67 heavy (non-hydrogen) atoms. The monoisotopic (exact) mass is 940 g/mol. The zero-order chi connectivity index (χ0) is 48.6. The number of unbranched alkanes of at least 4 members (excludes halogenated alkanes) is 37. The van der Waals surface area contributed by atoms with Crippen LogP contribution in [-0.2, 0) is 14.3 Å². The number of allylic oxidation sites excluding steroid dienone is 7. The smallest absolute Gasteiger partial charge is 0.305 e. The Morgan fingerprint density at radius 1 is 0.418 bits per heavy atom. The SMILES string of the molecule is CCC/C=C\C/C=C\CCCCCCCC(=O)OCCCCCCCCCCCC/C=C\CCCCCCCCCC(=O)NC(CO)C(O)/C=C/CCCCCCCCCCCCCCCC. The molecule has 2 unspecified atom stereocenters. The van der Waals surface area contributed by atoms with Crippen molar-refractivity contribution < 1.29 is 24.5 Å². The molecule has 6 heteroatoms. The van der Waals surface area contributed by atoms with Gasteiger partial charge in [0.15, 0.2) is 0 Å². The second kappa shape index (κ2) is 56.4. The summed E-state index contributed by atoms with van der Waals surface area (Å²) in [6.45, 7) is 4.83. The lowest BCUT2D eigenvalue weighted by atomic mass is 10.0. The lowest BCUT2D eigenvalue weighted by molar-refractivity contribution is -0.143. The van der Waals surface area contributed by atoms with E-state index in [-0.39, 0.29) is 18.5 Å². The van der Waals surface area contributed by atoms with Crippen LogP contribution < -0.4 is 5.32 Å². The van der Waals surface area contributed by atoms with Gasteiger partial charge in [0.25, 0.3) is 0 Å². The lowest BCUT2D eigenvalue weighted by Gasteiger charge is -2.20. The number of hydrogen-bond acceptors (Lipinski definition) is 5. The number of hydrogen-bond donors (Lipinski definition) is 3. The fourth-order valence-electron chi connectivity index (χ4n) is 8.78. The highest BCUT2D eigenvalue weighted by Gasteiger charge is 2.18. The molecule has 6 nitrogen and oxygen atoms in total. The third kappa shape index (κ3) is 53.0. The summed E-state index contributed by atoms with van der Waals surface area (Å²) in [4.78, 5) is 24.5. The Bertz CT molecular complexity index is 1130. The molecule has 2 atom stereocenters. The minimum atomic E-state index is -0.850. The number of aliphatic hydroxyl groups excluding tert-OH is 2.